The van der Waals surface area contributed by atoms with Crippen LogP contribution in [0.3, 0.4) is 0 Å². The topological polar surface area (TPSA) is 165 Å². The predicted molar refractivity (Wildman–Crippen MR) is 122 cm³/mol. The fourth-order valence-electron chi connectivity index (χ4n) is 3.01. The van der Waals surface area contributed by atoms with Crippen molar-refractivity contribution in [2.45, 2.75) is 24.8 Å². The molecule has 0 fully saturated rings. The summed E-state index contributed by atoms with van der Waals surface area (Å²) in [6, 6.07) is 9.06. The van der Waals surface area contributed by atoms with Gasteiger partial charge in [0.25, 0.3) is 0 Å². The van der Waals surface area contributed by atoms with Gasteiger partial charge in [0.2, 0.25) is 0 Å². The summed E-state index contributed by atoms with van der Waals surface area (Å²) < 4.78 is 87.9. The van der Waals surface area contributed by atoms with E-state index in [2.05, 4.69) is 9.97 Å². The fraction of sp³-hybridized carbons (Fsp3) is 0.200. The molecule has 4 aromatic rings. The first-order valence-electron chi connectivity index (χ1n) is 9.65. The Labute approximate surface area is 314 Å². The van der Waals surface area contributed by atoms with Crippen molar-refractivity contribution < 1.29 is 158 Å². The van der Waals surface area contributed by atoms with Crippen molar-refractivity contribution in [3.8, 4) is 11.5 Å². The van der Waals surface area contributed by atoms with Crippen LogP contribution in [0.1, 0.15) is 17.4 Å². The molecule has 4 atom stereocenters. The Balaban J connectivity index is 0.000000749. The Morgan fingerprint density at radius 3 is 1.72 bits per heavy atom. The number of rotatable bonds is 7. The minimum Gasteiger partial charge on any atom is -0.740 e. The molecule has 0 saturated heterocycles. The van der Waals surface area contributed by atoms with Crippen LogP contribution < -0.4 is 67.5 Å². The Kier molecular flexibility index (Phi) is 18.9. The zero-order valence-electron chi connectivity index (χ0n) is 20.0. The van der Waals surface area contributed by atoms with Crippen LogP contribution in [-0.2, 0) is 22.7 Å². The number of pyridine rings is 2. The number of halogens is 3. The SMILES string of the molecule is O=S([O-])Oc1ccnc2c1ccc1c(OS(=O)[O-])ccnc12.OC(CC(O)C(F)(F)F)c1cccs1.[Eu].[Na+].[Na+]. The first kappa shape index (κ1) is 39.9. The van der Waals surface area contributed by atoms with Crippen LogP contribution >= 0.6 is 11.3 Å². The largest absolute Gasteiger partial charge is 1.00 e. The number of aliphatic hydroxyl groups is 2. The van der Waals surface area contributed by atoms with Gasteiger partial charge < -0.3 is 27.7 Å². The number of aliphatic hydroxyl groups excluding tert-OH is 2. The number of alkyl halides is 3. The van der Waals surface area contributed by atoms with Crippen molar-refractivity contribution in [3.05, 3.63) is 59.0 Å². The first-order valence-corrected chi connectivity index (χ1v) is 12.5. The third kappa shape index (κ3) is 11.8. The average molecular weight is 762 g/mol. The number of hydrogen-bond acceptors (Lipinski definition) is 11. The second kappa shape index (κ2) is 18.5. The summed E-state index contributed by atoms with van der Waals surface area (Å²) in [5.41, 5.74) is 0.727. The molecule has 1 radical (unpaired) electrons. The van der Waals surface area contributed by atoms with Crippen LogP contribution in [0.2, 0.25) is 0 Å². The van der Waals surface area contributed by atoms with Crippen molar-refractivity contribution in [1.29, 1.82) is 0 Å². The van der Waals surface area contributed by atoms with Gasteiger partial charge in [-0.25, -0.2) is 8.42 Å². The molecule has 3 aromatic heterocycles. The van der Waals surface area contributed by atoms with Gasteiger partial charge in [-0.15, -0.1) is 11.3 Å². The van der Waals surface area contributed by atoms with E-state index in [1.807, 2.05) is 0 Å². The van der Waals surface area contributed by atoms with Gasteiger partial charge in [0.1, 0.15) is 45.3 Å². The van der Waals surface area contributed by atoms with Gasteiger partial charge in [0.05, 0.1) is 6.10 Å². The van der Waals surface area contributed by atoms with Crippen LogP contribution in [0, 0.1) is 49.4 Å². The van der Waals surface area contributed by atoms with Gasteiger partial charge >= 0.3 is 65.3 Å². The number of fused-ring (bicyclic) bond motifs is 3. The molecule has 4 rings (SSSR count). The summed E-state index contributed by atoms with van der Waals surface area (Å²) in [6.45, 7) is 0. The summed E-state index contributed by atoms with van der Waals surface area (Å²) in [6.07, 6.45) is -6.39. The molecule has 0 aliphatic heterocycles. The number of thiophene rings is 1. The van der Waals surface area contributed by atoms with Crippen molar-refractivity contribution in [2.75, 3.05) is 0 Å². The standard InChI is InChI=1S/C12H8N2O6S2.C8H9F3O2S.Eu.2Na/c15-21(16)19-9-3-5-13-11-7(9)1-2-8-10(20-22(17)18)4-6-14-12(8)11;9-8(10,11)7(13)4-5(12)6-2-1-3-14-6;;;/h1-6H,(H,15,16)(H,17,18);1-3,5,7,12-13H,4H2;;;/q;;;2*+1/p-2. The van der Waals surface area contributed by atoms with E-state index in [-0.39, 0.29) is 120 Å². The van der Waals surface area contributed by atoms with E-state index >= 15 is 0 Å². The summed E-state index contributed by atoms with van der Waals surface area (Å²) in [5.74, 6) is 0.196. The molecular weight excluding hydrogens is 747 g/mol. The third-order valence-electron chi connectivity index (χ3n) is 4.55. The van der Waals surface area contributed by atoms with Gasteiger partial charge in [0, 0.05) is 96.0 Å². The summed E-state index contributed by atoms with van der Waals surface area (Å²) in [7, 11) is 0. The number of hydrogen-bond donors (Lipinski definition) is 2. The van der Waals surface area contributed by atoms with E-state index in [1.165, 1.54) is 30.6 Å². The maximum absolute atomic E-state index is 11.9. The van der Waals surface area contributed by atoms with E-state index in [1.54, 1.807) is 23.6 Å². The molecule has 3 heterocycles. The maximum atomic E-state index is 11.9. The van der Waals surface area contributed by atoms with Gasteiger partial charge in [-0.05, 0) is 23.6 Å². The quantitative estimate of drug-likeness (QED) is 0.115. The molecule has 19 heteroatoms. The van der Waals surface area contributed by atoms with E-state index in [0.717, 1.165) is 11.3 Å². The second-order valence-corrected chi connectivity index (χ2v) is 9.00. The molecule has 0 aliphatic rings. The summed E-state index contributed by atoms with van der Waals surface area (Å²) in [5, 5.41) is 20.5. The van der Waals surface area contributed by atoms with Crippen LogP contribution in [0.15, 0.2) is 54.2 Å². The first-order chi connectivity index (χ1) is 17.0. The Morgan fingerprint density at radius 1 is 0.897 bits per heavy atom. The Morgan fingerprint density at radius 2 is 1.36 bits per heavy atom. The van der Waals surface area contributed by atoms with Crippen LogP contribution in [0.4, 0.5) is 13.2 Å². The van der Waals surface area contributed by atoms with Gasteiger partial charge in [-0.1, -0.05) is 6.07 Å². The van der Waals surface area contributed by atoms with E-state index in [4.69, 9.17) is 13.5 Å². The van der Waals surface area contributed by atoms with Gasteiger partial charge in [-0.2, -0.15) is 13.2 Å². The molecule has 0 bridgehead atoms. The maximum Gasteiger partial charge on any atom is 1.00 e. The number of aromatic nitrogens is 2. The van der Waals surface area contributed by atoms with E-state index in [9.17, 15) is 35.8 Å². The minimum absolute atomic E-state index is 0. The molecule has 0 spiro atoms. The van der Waals surface area contributed by atoms with Crippen molar-refractivity contribution >= 4 is 55.9 Å². The fourth-order valence-corrected chi connectivity index (χ4v) is 4.32. The molecule has 2 N–H and O–H groups in total. The molecule has 0 amide bonds. The third-order valence-corrected chi connectivity index (χ3v) is 6.16. The van der Waals surface area contributed by atoms with Crippen LogP contribution in [-0.4, -0.2) is 50.0 Å². The zero-order valence-corrected chi connectivity index (χ0v) is 28.9. The molecule has 39 heavy (non-hydrogen) atoms. The summed E-state index contributed by atoms with van der Waals surface area (Å²) in [4.78, 5) is 8.71. The zero-order chi connectivity index (χ0) is 26.5. The molecule has 0 aliphatic carbocycles. The molecule has 201 valence electrons. The number of nitrogens with zero attached hydrogens (tertiary/aromatic N) is 2. The minimum atomic E-state index is -4.67. The van der Waals surface area contributed by atoms with Gasteiger partial charge in [-0.3, -0.25) is 9.97 Å². The van der Waals surface area contributed by atoms with Gasteiger partial charge in [0.15, 0.2) is 6.10 Å². The van der Waals surface area contributed by atoms with Crippen molar-refractivity contribution in [2.24, 2.45) is 0 Å². The van der Waals surface area contributed by atoms with Crippen molar-refractivity contribution in [1.82, 2.24) is 9.97 Å². The molecule has 0 saturated carbocycles. The molecule has 1 aromatic carbocycles. The molecule has 4 unspecified atom stereocenters. The smallest absolute Gasteiger partial charge is 0.740 e. The second-order valence-electron chi connectivity index (χ2n) is 6.88. The summed E-state index contributed by atoms with van der Waals surface area (Å²) >= 11 is -4.29. The van der Waals surface area contributed by atoms with Crippen LogP contribution in [0.5, 0.6) is 11.5 Å². The van der Waals surface area contributed by atoms with E-state index < -0.39 is 47.5 Å². The number of benzene rings is 1. The molecular formula is C20H15EuF3N2Na2O8S3. The molecule has 10 nitrogen and oxygen atoms in total. The Hall–Kier alpha value is 0.854. The van der Waals surface area contributed by atoms with Crippen molar-refractivity contribution in [3.63, 3.8) is 0 Å². The average Bonchev–Trinajstić information content (AvgIpc) is 3.34. The van der Waals surface area contributed by atoms with Crippen LogP contribution in [0.25, 0.3) is 21.8 Å². The normalized spacial score (nSPS) is 13.8. The van der Waals surface area contributed by atoms with E-state index in [0.29, 0.717) is 26.7 Å². The predicted octanol–water partition coefficient (Wildman–Crippen LogP) is -2.77. The Bertz CT molecular complexity index is 1320. The monoisotopic (exact) mass is 763 g/mol.